The lowest BCUT2D eigenvalue weighted by atomic mass is 9.85. The van der Waals surface area contributed by atoms with E-state index in [1.165, 1.54) is 18.2 Å². The van der Waals surface area contributed by atoms with E-state index >= 15 is 0 Å². The summed E-state index contributed by atoms with van der Waals surface area (Å²) in [5, 5.41) is 2.98. The molecule has 0 radical (unpaired) electrons. The summed E-state index contributed by atoms with van der Waals surface area (Å²) in [4.78, 5) is 17.1. The summed E-state index contributed by atoms with van der Waals surface area (Å²) in [6.07, 6.45) is 2.71. The highest BCUT2D eigenvalue weighted by Gasteiger charge is 2.42. The van der Waals surface area contributed by atoms with Crippen LogP contribution in [0.25, 0.3) is 0 Å². The number of hydrogen-bond acceptors (Lipinski definition) is 4. The second-order valence-electron chi connectivity index (χ2n) is 7.20. The largest absolute Gasteiger partial charge is 0.492 e. The van der Waals surface area contributed by atoms with Gasteiger partial charge in [-0.3, -0.25) is 0 Å². The van der Waals surface area contributed by atoms with Crippen LogP contribution in [0.15, 0.2) is 18.2 Å². The summed E-state index contributed by atoms with van der Waals surface area (Å²) in [7, 11) is 2.09. The third-order valence-electron chi connectivity index (χ3n) is 5.44. The van der Waals surface area contributed by atoms with Crippen molar-refractivity contribution in [1.29, 1.82) is 0 Å². The Kier molecular flexibility index (Phi) is 6.78. The molecule has 0 aromatic heterocycles. The summed E-state index contributed by atoms with van der Waals surface area (Å²) in [6.45, 7) is 4.60. The number of hydrogen-bond donors (Lipinski definition) is 1. The highest BCUT2D eigenvalue weighted by Crippen LogP contribution is 2.33. The molecule has 0 bridgehead atoms. The van der Waals surface area contributed by atoms with Crippen molar-refractivity contribution in [3.63, 3.8) is 0 Å². The normalized spacial score (nSPS) is 20.3. The number of benzene rings is 1. The number of nitrogens with one attached hydrogen (secondary N) is 1. The molecule has 0 aliphatic carbocycles. The van der Waals surface area contributed by atoms with Gasteiger partial charge in [0, 0.05) is 38.9 Å². The molecular weight excluding hydrogens is 373 g/mol. The van der Waals surface area contributed by atoms with Crippen LogP contribution < -0.4 is 10.1 Å². The number of carbonyl (C=O) groups excluding carboxylic acids is 1. The molecular formula is C19H27ClFN3O3. The third kappa shape index (κ3) is 5.03. The zero-order valence-corrected chi connectivity index (χ0v) is 16.4. The maximum atomic E-state index is 13.2. The Morgan fingerprint density at radius 3 is 2.81 bits per heavy atom. The van der Waals surface area contributed by atoms with Gasteiger partial charge in [0.1, 0.15) is 18.2 Å². The van der Waals surface area contributed by atoms with E-state index in [-0.39, 0.29) is 23.2 Å². The predicted octanol–water partition coefficient (Wildman–Crippen LogP) is 2.75. The van der Waals surface area contributed by atoms with Crippen molar-refractivity contribution in [3.8, 4) is 5.75 Å². The Morgan fingerprint density at radius 2 is 2.07 bits per heavy atom. The summed E-state index contributed by atoms with van der Waals surface area (Å²) in [6, 6.07) is 4.15. The molecule has 1 spiro atoms. The molecule has 2 saturated heterocycles. The van der Waals surface area contributed by atoms with Gasteiger partial charge < -0.3 is 24.6 Å². The van der Waals surface area contributed by atoms with E-state index in [2.05, 4.69) is 17.3 Å². The Labute approximate surface area is 164 Å². The molecule has 150 valence electrons. The first-order valence-electron chi connectivity index (χ1n) is 9.40. The molecule has 3 rings (SSSR count). The minimum absolute atomic E-state index is 0.0201. The smallest absolute Gasteiger partial charge is 0.318 e. The highest BCUT2D eigenvalue weighted by molar-refractivity contribution is 6.30. The molecule has 2 heterocycles. The van der Waals surface area contributed by atoms with Gasteiger partial charge in [0.05, 0.1) is 17.1 Å². The molecule has 27 heavy (non-hydrogen) atoms. The zero-order chi connectivity index (χ0) is 19.3. The van der Waals surface area contributed by atoms with E-state index in [4.69, 9.17) is 21.1 Å². The van der Waals surface area contributed by atoms with E-state index in [1.54, 1.807) is 0 Å². The van der Waals surface area contributed by atoms with Crippen LogP contribution in [0.5, 0.6) is 5.75 Å². The maximum Gasteiger partial charge on any atom is 0.318 e. The van der Waals surface area contributed by atoms with Gasteiger partial charge >= 0.3 is 6.03 Å². The topological polar surface area (TPSA) is 54.0 Å². The second kappa shape index (κ2) is 9.08. The summed E-state index contributed by atoms with van der Waals surface area (Å²) in [5.74, 6) is -0.00171. The van der Waals surface area contributed by atoms with Crippen LogP contribution in [-0.2, 0) is 4.74 Å². The first-order valence-corrected chi connectivity index (χ1v) is 9.78. The molecule has 6 nitrogen and oxygen atoms in total. The van der Waals surface area contributed by atoms with Gasteiger partial charge in [-0.15, -0.1) is 0 Å². The van der Waals surface area contributed by atoms with E-state index in [0.717, 1.165) is 32.4 Å². The van der Waals surface area contributed by atoms with Crippen LogP contribution in [0.3, 0.4) is 0 Å². The van der Waals surface area contributed by atoms with Crippen LogP contribution in [0.1, 0.15) is 19.3 Å². The Bertz CT molecular complexity index is 655. The van der Waals surface area contributed by atoms with Crippen molar-refractivity contribution in [1.82, 2.24) is 15.1 Å². The SMILES string of the molecule is CN1CCN(C(=O)NCCOc2ccc(F)c(Cl)c2)C2(CCOCC2)CC1. The van der Waals surface area contributed by atoms with Crippen molar-refractivity contribution in [2.24, 2.45) is 0 Å². The van der Waals surface area contributed by atoms with Crippen molar-refractivity contribution >= 4 is 17.6 Å². The molecule has 1 N–H and O–H groups in total. The van der Waals surface area contributed by atoms with Gasteiger partial charge in [-0.1, -0.05) is 11.6 Å². The monoisotopic (exact) mass is 399 g/mol. The first kappa shape index (κ1) is 20.2. The number of carbonyl (C=O) groups is 1. The summed E-state index contributed by atoms with van der Waals surface area (Å²) < 4.78 is 24.2. The number of rotatable bonds is 4. The minimum atomic E-state index is -0.481. The van der Waals surface area contributed by atoms with Gasteiger partial charge in [0.25, 0.3) is 0 Å². The van der Waals surface area contributed by atoms with Gasteiger partial charge in [-0.25, -0.2) is 9.18 Å². The van der Waals surface area contributed by atoms with E-state index in [1.807, 2.05) is 4.90 Å². The van der Waals surface area contributed by atoms with Crippen molar-refractivity contribution in [3.05, 3.63) is 29.0 Å². The van der Waals surface area contributed by atoms with Crippen molar-refractivity contribution < 1.29 is 18.7 Å². The van der Waals surface area contributed by atoms with Crippen LogP contribution in [0.4, 0.5) is 9.18 Å². The van der Waals surface area contributed by atoms with Gasteiger partial charge in [0.15, 0.2) is 0 Å². The Morgan fingerprint density at radius 1 is 1.30 bits per heavy atom. The lowest BCUT2D eigenvalue weighted by Gasteiger charge is -2.45. The quantitative estimate of drug-likeness (QED) is 0.791. The van der Waals surface area contributed by atoms with E-state index in [9.17, 15) is 9.18 Å². The van der Waals surface area contributed by atoms with Crippen LogP contribution in [0, 0.1) is 5.82 Å². The molecule has 8 heteroatoms. The fraction of sp³-hybridized carbons (Fsp3) is 0.632. The Balaban J connectivity index is 1.54. The number of urea groups is 1. The van der Waals surface area contributed by atoms with Gasteiger partial charge in [-0.2, -0.15) is 0 Å². The number of likely N-dealkylation sites (N-methyl/N-ethyl adjacent to an activating group) is 1. The average Bonchev–Trinajstić information content (AvgIpc) is 2.82. The Hall–Kier alpha value is -1.57. The van der Waals surface area contributed by atoms with Crippen LogP contribution in [0.2, 0.25) is 5.02 Å². The third-order valence-corrected chi connectivity index (χ3v) is 5.73. The zero-order valence-electron chi connectivity index (χ0n) is 15.7. The standard InChI is InChI=1S/C19H27ClFN3O3/c1-23-8-4-19(5-11-26-12-6-19)24(10-9-23)18(25)22-7-13-27-15-2-3-17(21)16(20)14-15/h2-3,14H,4-13H2,1H3,(H,22,25). The van der Waals surface area contributed by atoms with Crippen molar-refractivity contribution in [2.75, 3.05) is 53.0 Å². The fourth-order valence-electron chi connectivity index (χ4n) is 3.73. The molecule has 0 saturated carbocycles. The van der Waals surface area contributed by atoms with Crippen LogP contribution >= 0.6 is 11.6 Å². The highest BCUT2D eigenvalue weighted by atomic mass is 35.5. The number of nitrogens with zero attached hydrogens (tertiary/aromatic N) is 2. The average molecular weight is 400 g/mol. The van der Waals surface area contributed by atoms with E-state index < -0.39 is 5.82 Å². The molecule has 1 aromatic rings. The van der Waals surface area contributed by atoms with Crippen LogP contribution in [-0.4, -0.2) is 74.4 Å². The first-order chi connectivity index (χ1) is 13.0. The van der Waals surface area contributed by atoms with E-state index in [0.29, 0.717) is 32.1 Å². The minimum Gasteiger partial charge on any atom is -0.492 e. The summed E-state index contributed by atoms with van der Waals surface area (Å²) >= 11 is 5.74. The number of halogens is 2. The van der Waals surface area contributed by atoms with Gasteiger partial charge in [-0.05, 0) is 38.4 Å². The molecule has 0 unspecified atom stereocenters. The van der Waals surface area contributed by atoms with Crippen molar-refractivity contribution in [2.45, 2.75) is 24.8 Å². The lowest BCUT2D eigenvalue weighted by Crippen LogP contribution is -2.58. The summed E-state index contributed by atoms with van der Waals surface area (Å²) in [5.41, 5.74) is -0.127. The molecule has 2 aliphatic heterocycles. The number of ether oxygens (including phenoxy) is 2. The lowest BCUT2D eigenvalue weighted by molar-refractivity contribution is -0.00916. The molecule has 0 atom stereocenters. The fourth-order valence-corrected chi connectivity index (χ4v) is 3.90. The molecule has 2 fully saturated rings. The number of amides is 2. The molecule has 1 aromatic carbocycles. The maximum absolute atomic E-state index is 13.2. The second-order valence-corrected chi connectivity index (χ2v) is 7.61. The predicted molar refractivity (Wildman–Crippen MR) is 102 cm³/mol. The van der Waals surface area contributed by atoms with Gasteiger partial charge in [0.2, 0.25) is 0 Å². The molecule has 2 aliphatic rings. The molecule has 2 amide bonds.